The van der Waals surface area contributed by atoms with E-state index in [0.717, 1.165) is 19.4 Å². The van der Waals surface area contributed by atoms with Crippen molar-refractivity contribution >= 4 is 18.3 Å². The van der Waals surface area contributed by atoms with Crippen molar-refractivity contribution in [2.24, 2.45) is 5.92 Å². The molecule has 0 saturated carbocycles. The van der Waals surface area contributed by atoms with Crippen LogP contribution in [-0.2, 0) is 17.5 Å². The molecule has 114 valence electrons. The van der Waals surface area contributed by atoms with Gasteiger partial charge in [0.15, 0.2) is 0 Å². The molecule has 20 heavy (non-hydrogen) atoms. The summed E-state index contributed by atoms with van der Waals surface area (Å²) in [5.74, 6) is -1.56. The van der Waals surface area contributed by atoms with E-state index in [1.54, 1.807) is 0 Å². The van der Waals surface area contributed by atoms with Crippen molar-refractivity contribution in [2.45, 2.75) is 25.6 Å². The van der Waals surface area contributed by atoms with Crippen molar-refractivity contribution in [1.29, 1.82) is 0 Å². The molecule has 1 atom stereocenters. The summed E-state index contributed by atoms with van der Waals surface area (Å²) >= 11 is 0. The van der Waals surface area contributed by atoms with Crippen LogP contribution in [0.15, 0.2) is 0 Å². The Morgan fingerprint density at radius 2 is 2.20 bits per heavy atom. The monoisotopic (exact) mass is 313 g/mol. The first-order valence-corrected chi connectivity index (χ1v) is 5.93. The van der Waals surface area contributed by atoms with Gasteiger partial charge in [-0.15, -0.1) is 17.5 Å². The molecule has 1 saturated heterocycles. The molecular weight excluding hydrogens is 299 g/mol. The second kappa shape index (κ2) is 6.89. The van der Waals surface area contributed by atoms with Crippen LogP contribution in [0.3, 0.4) is 0 Å². The van der Waals surface area contributed by atoms with Gasteiger partial charge in [-0.1, -0.05) is 0 Å². The molecule has 0 radical (unpaired) electrons. The summed E-state index contributed by atoms with van der Waals surface area (Å²) in [6, 6.07) is 0. The smallest absolute Gasteiger partial charge is 0.349 e. The number of amides is 1. The maximum absolute atomic E-state index is 12.3. The highest BCUT2D eigenvalue weighted by Crippen LogP contribution is 2.25. The van der Waals surface area contributed by atoms with Crippen molar-refractivity contribution in [3.63, 3.8) is 0 Å². The quantitative estimate of drug-likeness (QED) is 0.773. The fourth-order valence-electron chi connectivity index (χ4n) is 1.89. The Balaban J connectivity index is 0.00000200. The van der Waals surface area contributed by atoms with Crippen LogP contribution in [-0.4, -0.2) is 34.2 Å². The third kappa shape index (κ3) is 4.34. The summed E-state index contributed by atoms with van der Waals surface area (Å²) in [7, 11) is 0. The normalized spacial score (nSPS) is 19.2. The zero-order chi connectivity index (χ0) is 13.9. The number of carbonyl (C=O) groups is 1. The third-order valence-corrected chi connectivity index (χ3v) is 2.88. The number of carbonyl (C=O) groups excluding carboxylic acids is 1. The number of piperidine rings is 1. The number of nitrogens with one attached hydrogen (secondary N) is 3. The fraction of sp³-hybridized carbons (Fsp3) is 0.700. The molecule has 3 N–H and O–H groups in total. The van der Waals surface area contributed by atoms with E-state index in [9.17, 15) is 18.0 Å². The Morgan fingerprint density at radius 1 is 1.45 bits per heavy atom. The fourth-order valence-corrected chi connectivity index (χ4v) is 1.89. The van der Waals surface area contributed by atoms with Gasteiger partial charge < -0.3 is 10.6 Å². The average molecular weight is 314 g/mol. The minimum Gasteiger partial charge on any atom is -0.349 e. The first-order chi connectivity index (χ1) is 8.97. The third-order valence-electron chi connectivity index (χ3n) is 2.88. The summed E-state index contributed by atoms with van der Waals surface area (Å²) in [4.78, 5) is 15.0. The molecule has 1 aliphatic heterocycles. The van der Waals surface area contributed by atoms with Gasteiger partial charge in [-0.2, -0.15) is 13.2 Å². The van der Waals surface area contributed by atoms with Gasteiger partial charge in [-0.3, -0.25) is 9.89 Å². The summed E-state index contributed by atoms with van der Waals surface area (Å²) < 4.78 is 36.8. The first-order valence-electron chi connectivity index (χ1n) is 5.93. The summed E-state index contributed by atoms with van der Waals surface area (Å²) in [6.45, 7) is 1.40. The number of rotatable bonds is 3. The molecule has 0 aliphatic carbocycles. The van der Waals surface area contributed by atoms with Crippen LogP contribution in [0.5, 0.6) is 0 Å². The Hall–Kier alpha value is -1.35. The minimum atomic E-state index is -4.58. The second-order valence-electron chi connectivity index (χ2n) is 4.36. The number of hydrogen-bond donors (Lipinski definition) is 3. The highest BCUT2D eigenvalue weighted by Gasteiger charge is 2.36. The lowest BCUT2D eigenvalue weighted by Crippen LogP contribution is -2.40. The van der Waals surface area contributed by atoms with Crippen molar-refractivity contribution < 1.29 is 18.0 Å². The number of aromatic nitrogens is 3. The van der Waals surface area contributed by atoms with Gasteiger partial charge in [0.2, 0.25) is 5.91 Å². The van der Waals surface area contributed by atoms with E-state index in [1.807, 2.05) is 0 Å². The van der Waals surface area contributed by atoms with Crippen LogP contribution in [0.1, 0.15) is 24.5 Å². The van der Waals surface area contributed by atoms with Crippen molar-refractivity contribution in [3.05, 3.63) is 11.6 Å². The Labute approximate surface area is 119 Å². The van der Waals surface area contributed by atoms with Gasteiger partial charge in [0.25, 0.3) is 5.82 Å². The second-order valence-corrected chi connectivity index (χ2v) is 4.36. The van der Waals surface area contributed by atoms with E-state index >= 15 is 0 Å². The number of aromatic amines is 1. The summed E-state index contributed by atoms with van der Waals surface area (Å²) in [6.07, 6.45) is -2.88. The van der Waals surface area contributed by atoms with Gasteiger partial charge in [-0.05, 0) is 19.4 Å². The maximum Gasteiger partial charge on any atom is 0.453 e. The lowest BCUT2D eigenvalue weighted by Gasteiger charge is -2.21. The van der Waals surface area contributed by atoms with E-state index in [0.29, 0.717) is 6.54 Å². The van der Waals surface area contributed by atoms with E-state index < -0.39 is 12.0 Å². The molecule has 1 aromatic heterocycles. The summed E-state index contributed by atoms with van der Waals surface area (Å²) in [5.41, 5.74) is 0. The van der Waals surface area contributed by atoms with Crippen LogP contribution in [0.25, 0.3) is 0 Å². The zero-order valence-corrected chi connectivity index (χ0v) is 11.3. The van der Waals surface area contributed by atoms with Crippen LogP contribution in [0.4, 0.5) is 13.2 Å². The number of nitrogens with zero attached hydrogens (tertiary/aromatic N) is 2. The van der Waals surface area contributed by atoms with Gasteiger partial charge in [0, 0.05) is 6.54 Å². The number of hydrogen-bond acceptors (Lipinski definition) is 4. The van der Waals surface area contributed by atoms with Crippen molar-refractivity contribution in [1.82, 2.24) is 25.8 Å². The molecule has 1 unspecified atom stereocenters. The molecular formula is C10H15ClF3N5O. The topological polar surface area (TPSA) is 82.7 Å². The molecule has 2 rings (SSSR count). The Morgan fingerprint density at radius 3 is 2.75 bits per heavy atom. The standard InChI is InChI=1S/C10H14F3N5O.ClH/c11-10(12,13)9-16-7(17-18-9)5-15-8(19)6-2-1-3-14-4-6;/h6,14H,1-5H2,(H,15,19)(H,16,17,18);1H. The molecule has 0 bridgehead atoms. The molecule has 0 aromatic carbocycles. The van der Waals surface area contributed by atoms with E-state index in [-0.39, 0.29) is 36.6 Å². The molecule has 1 aromatic rings. The first kappa shape index (κ1) is 16.7. The average Bonchev–Trinajstić information content (AvgIpc) is 2.86. The number of H-pyrrole nitrogens is 1. The van der Waals surface area contributed by atoms with Gasteiger partial charge in [-0.25, -0.2) is 4.98 Å². The minimum absolute atomic E-state index is 0. The van der Waals surface area contributed by atoms with E-state index in [2.05, 4.69) is 25.8 Å². The zero-order valence-electron chi connectivity index (χ0n) is 10.5. The highest BCUT2D eigenvalue weighted by molar-refractivity contribution is 5.85. The molecule has 1 aliphatic rings. The van der Waals surface area contributed by atoms with Gasteiger partial charge in [0.1, 0.15) is 5.82 Å². The molecule has 1 amide bonds. The number of alkyl halides is 3. The van der Waals surface area contributed by atoms with E-state index in [4.69, 9.17) is 0 Å². The Kier molecular flexibility index (Phi) is 5.75. The van der Waals surface area contributed by atoms with E-state index in [1.165, 1.54) is 0 Å². The van der Waals surface area contributed by atoms with Crippen molar-refractivity contribution in [3.8, 4) is 0 Å². The predicted molar refractivity (Wildman–Crippen MR) is 66.1 cm³/mol. The summed E-state index contributed by atoms with van der Waals surface area (Å²) in [5, 5.41) is 10.9. The van der Waals surface area contributed by atoms with Crippen LogP contribution in [0, 0.1) is 5.92 Å². The van der Waals surface area contributed by atoms with Crippen molar-refractivity contribution in [2.75, 3.05) is 13.1 Å². The molecule has 2 heterocycles. The lowest BCUT2D eigenvalue weighted by molar-refractivity contribution is -0.144. The molecule has 6 nitrogen and oxygen atoms in total. The lowest BCUT2D eigenvalue weighted by atomic mass is 9.99. The van der Waals surface area contributed by atoms with Crippen LogP contribution in [0.2, 0.25) is 0 Å². The predicted octanol–water partition coefficient (Wildman–Crippen LogP) is 0.861. The van der Waals surface area contributed by atoms with Gasteiger partial charge in [0.05, 0.1) is 12.5 Å². The maximum atomic E-state index is 12.3. The molecule has 0 spiro atoms. The SMILES string of the molecule is Cl.O=C(NCc1nc(C(F)(F)F)n[nH]1)C1CCCNC1. The highest BCUT2D eigenvalue weighted by atomic mass is 35.5. The largest absolute Gasteiger partial charge is 0.453 e. The Bertz CT molecular complexity index is 444. The molecule has 1 fully saturated rings. The van der Waals surface area contributed by atoms with Crippen LogP contribution < -0.4 is 10.6 Å². The van der Waals surface area contributed by atoms with Gasteiger partial charge >= 0.3 is 6.18 Å². The molecule has 10 heteroatoms. The van der Waals surface area contributed by atoms with Crippen LogP contribution >= 0.6 is 12.4 Å². The number of halogens is 4.